The Bertz CT molecular complexity index is 474. The summed E-state index contributed by atoms with van der Waals surface area (Å²) in [6.07, 6.45) is 6.00. The molecule has 20 heavy (non-hydrogen) atoms. The molecule has 0 spiro atoms. The number of nitrogens with zero attached hydrogens (tertiary/aromatic N) is 1. The first kappa shape index (κ1) is 13.9. The Morgan fingerprint density at radius 1 is 1.30 bits per heavy atom. The Balaban J connectivity index is 1.86. The summed E-state index contributed by atoms with van der Waals surface area (Å²) in [7, 11) is 1.75. The maximum Gasteiger partial charge on any atom is 0.119 e. The molecular weight excluding hydrogens is 248 g/mol. The van der Waals surface area contributed by atoms with Crippen molar-refractivity contribution in [2.75, 3.05) is 13.7 Å². The number of piperidine rings is 1. The van der Waals surface area contributed by atoms with Gasteiger partial charge in [0, 0.05) is 24.7 Å². The smallest absolute Gasteiger partial charge is 0.119 e. The van der Waals surface area contributed by atoms with Crippen LogP contribution in [0.4, 0.5) is 0 Å². The van der Waals surface area contributed by atoms with E-state index in [1.165, 1.54) is 30.4 Å². The number of hydrogen-bond donors (Lipinski definition) is 1. The van der Waals surface area contributed by atoms with E-state index in [9.17, 15) is 0 Å². The van der Waals surface area contributed by atoms with Gasteiger partial charge in [0.2, 0.25) is 0 Å². The molecule has 1 aliphatic carbocycles. The highest BCUT2D eigenvalue weighted by Gasteiger charge is 2.32. The third kappa shape index (κ3) is 2.57. The molecule has 1 saturated heterocycles. The topological polar surface area (TPSA) is 38.5 Å². The number of likely N-dealkylation sites (tertiary alicyclic amines) is 1. The van der Waals surface area contributed by atoms with Gasteiger partial charge in [-0.2, -0.15) is 0 Å². The second-order valence-electron chi connectivity index (χ2n) is 6.34. The Morgan fingerprint density at radius 3 is 2.90 bits per heavy atom. The van der Waals surface area contributed by atoms with Crippen molar-refractivity contribution in [2.45, 2.75) is 57.2 Å². The van der Waals surface area contributed by atoms with E-state index in [4.69, 9.17) is 10.5 Å². The van der Waals surface area contributed by atoms with Crippen LogP contribution < -0.4 is 10.5 Å². The van der Waals surface area contributed by atoms with Crippen LogP contribution in [0.5, 0.6) is 5.75 Å². The summed E-state index contributed by atoms with van der Waals surface area (Å²) in [4.78, 5) is 2.67. The monoisotopic (exact) mass is 274 g/mol. The third-order valence-corrected chi connectivity index (χ3v) is 5.00. The molecule has 110 valence electrons. The second kappa shape index (κ2) is 5.74. The molecule has 1 aromatic rings. The number of benzene rings is 1. The number of hydrogen-bond acceptors (Lipinski definition) is 3. The number of aryl methyl sites for hydroxylation is 1. The van der Waals surface area contributed by atoms with Gasteiger partial charge in [0.05, 0.1) is 7.11 Å². The molecule has 0 saturated carbocycles. The van der Waals surface area contributed by atoms with Gasteiger partial charge in [-0.3, -0.25) is 4.90 Å². The molecule has 1 aliphatic heterocycles. The lowest BCUT2D eigenvalue weighted by molar-refractivity contribution is 0.0854. The highest BCUT2D eigenvalue weighted by Crippen LogP contribution is 2.38. The second-order valence-corrected chi connectivity index (χ2v) is 6.34. The maximum absolute atomic E-state index is 6.11. The van der Waals surface area contributed by atoms with Gasteiger partial charge in [-0.15, -0.1) is 0 Å². The predicted octanol–water partition coefficient (Wildman–Crippen LogP) is 2.88. The first-order chi connectivity index (χ1) is 9.69. The van der Waals surface area contributed by atoms with Crippen molar-refractivity contribution >= 4 is 0 Å². The quantitative estimate of drug-likeness (QED) is 0.901. The molecule has 3 heteroatoms. The van der Waals surface area contributed by atoms with E-state index in [-0.39, 0.29) is 0 Å². The van der Waals surface area contributed by atoms with E-state index in [0.717, 1.165) is 25.1 Å². The van der Waals surface area contributed by atoms with E-state index in [2.05, 4.69) is 30.0 Å². The summed E-state index contributed by atoms with van der Waals surface area (Å²) < 4.78 is 5.37. The van der Waals surface area contributed by atoms with Crippen molar-refractivity contribution in [1.82, 2.24) is 4.90 Å². The van der Waals surface area contributed by atoms with Crippen molar-refractivity contribution in [1.29, 1.82) is 0 Å². The maximum atomic E-state index is 6.11. The number of nitrogens with two attached hydrogens (primary N) is 1. The van der Waals surface area contributed by atoms with E-state index in [0.29, 0.717) is 18.1 Å². The van der Waals surface area contributed by atoms with E-state index in [1.54, 1.807) is 7.11 Å². The molecule has 2 N–H and O–H groups in total. The Kier molecular flexibility index (Phi) is 3.99. The highest BCUT2D eigenvalue weighted by molar-refractivity contribution is 5.39. The fourth-order valence-electron chi connectivity index (χ4n) is 3.93. The SMILES string of the molecule is COc1ccc2c(c1)CCCC2N1CCC(N)CC1C. The largest absolute Gasteiger partial charge is 0.497 e. The zero-order valence-corrected chi connectivity index (χ0v) is 12.6. The van der Waals surface area contributed by atoms with Gasteiger partial charge in [0.15, 0.2) is 0 Å². The minimum atomic E-state index is 0.389. The number of methoxy groups -OCH3 is 1. The Morgan fingerprint density at radius 2 is 2.15 bits per heavy atom. The average Bonchev–Trinajstić information content (AvgIpc) is 2.46. The summed E-state index contributed by atoms with van der Waals surface area (Å²) >= 11 is 0. The minimum absolute atomic E-state index is 0.389. The van der Waals surface area contributed by atoms with E-state index >= 15 is 0 Å². The van der Waals surface area contributed by atoms with Gasteiger partial charge in [0.25, 0.3) is 0 Å². The molecule has 3 rings (SSSR count). The van der Waals surface area contributed by atoms with Crippen LogP contribution in [0.2, 0.25) is 0 Å². The van der Waals surface area contributed by atoms with Crippen LogP contribution >= 0.6 is 0 Å². The Labute approximate surface area is 122 Å². The van der Waals surface area contributed by atoms with Crippen LogP contribution in [0, 0.1) is 0 Å². The lowest BCUT2D eigenvalue weighted by Gasteiger charge is -2.44. The van der Waals surface area contributed by atoms with E-state index in [1.807, 2.05) is 0 Å². The zero-order chi connectivity index (χ0) is 14.1. The van der Waals surface area contributed by atoms with Gasteiger partial charge in [-0.05, 0) is 62.3 Å². The lowest BCUT2D eigenvalue weighted by Crippen LogP contribution is -2.47. The molecule has 0 aromatic heterocycles. The predicted molar refractivity (Wildman–Crippen MR) is 82.1 cm³/mol. The van der Waals surface area contributed by atoms with Crippen molar-refractivity contribution in [3.63, 3.8) is 0 Å². The zero-order valence-electron chi connectivity index (χ0n) is 12.6. The standard InChI is InChI=1S/C17H26N2O/c1-12-10-14(18)8-9-19(12)17-5-3-4-13-11-15(20-2)6-7-16(13)17/h6-7,11-12,14,17H,3-5,8-10,18H2,1-2H3. The van der Waals surface area contributed by atoms with Crippen LogP contribution in [-0.4, -0.2) is 30.6 Å². The lowest BCUT2D eigenvalue weighted by atomic mass is 9.84. The fourth-order valence-corrected chi connectivity index (χ4v) is 3.93. The Hall–Kier alpha value is -1.06. The number of rotatable bonds is 2. The summed E-state index contributed by atoms with van der Waals surface area (Å²) in [5, 5.41) is 0. The summed E-state index contributed by atoms with van der Waals surface area (Å²) in [6.45, 7) is 3.47. The minimum Gasteiger partial charge on any atom is -0.497 e. The van der Waals surface area contributed by atoms with Crippen molar-refractivity contribution in [2.24, 2.45) is 5.73 Å². The van der Waals surface area contributed by atoms with Crippen LogP contribution in [-0.2, 0) is 6.42 Å². The molecule has 0 bridgehead atoms. The van der Waals surface area contributed by atoms with Crippen LogP contribution in [0.25, 0.3) is 0 Å². The average molecular weight is 274 g/mol. The molecule has 0 amide bonds. The van der Waals surface area contributed by atoms with Crippen molar-refractivity contribution in [3.05, 3.63) is 29.3 Å². The molecule has 3 atom stereocenters. The van der Waals surface area contributed by atoms with Crippen LogP contribution in [0.3, 0.4) is 0 Å². The first-order valence-corrected chi connectivity index (χ1v) is 7.87. The molecular formula is C17H26N2O. The third-order valence-electron chi connectivity index (χ3n) is 5.00. The normalized spacial score (nSPS) is 30.9. The molecule has 1 fully saturated rings. The van der Waals surface area contributed by atoms with Gasteiger partial charge in [0.1, 0.15) is 5.75 Å². The van der Waals surface area contributed by atoms with Crippen molar-refractivity contribution in [3.8, 4) is 5.75 Å². The van der Waals surface area contributed by atoms with Gasteiger partial charge < -0.3 is 10.5 Å². The summed E-state index contributed by atoms with van der Waals surface area (Å²) in [5.41, 5.74) is 9.09. The van der Waals surface area contributed by atoms with Crippen LogP contribution in [0.15, 0.2) is 18.2 Å². The van der Waals surface area contributed by atoms with Gasteiger partial charge in [-0.1, -0.05) is 6.07 Å². The van der Waals surface area contributed by atoms with Crippen molar-refractivity contribution < 1.29 is 4.74 Å². The summed E-state index contributed by atoms with van der Waals surface area (Å²) in [6, 6.07) is 8.17. The molecule has 1 heterocycles. The molecule has 3 nitrogen and oxygen atoms in total. The van der Waals surface area contributed by atoms with Gasteiger partial charge >= 0.3 is 0 Å². The number of ether oxygens (including phenoxy) is 1. The van der Waals surface area contributed by atoms with Gasteiger partial charge in [-0.25, -0.2) is 0 Å². The van der Waals surface area contributed by atoms with Crippen LogP contribution in [0.1, 0.15) is 49.8 Å². The molecule has 3 unspecified atom stereocenters. The fraction of sp³-hybridized carbons (Fsp3) is 0.647. The number of fused-ring (bicyclic) bond motifs is 1. The highest BCUT2D eigenvalue weighted by atomic mass is 16.5. The molecule has 2 aliphatic rings. The van der Waals surface area contributed by atoms with E-state index < -0.39 is 0 Å². The molecule has 1 aromatic carbocycles. The summed E-state index contributed by atoms with van der Waals surface area (Å²) in [5.74, 6) is 0.984. The molecule has 0 radical (unpaired) electrons. The first-order valence-electron chi connectivity index (χ1n) is 7.87.